The van der Waals surface area contributed by atoms with Gasteiger partial charge in [-0.3, -0.25) is 4.79 Å². The number of carbonyl (C=O) groups is 1. The van der Waals surface area contributed by atoms with Crippen molar-refractivity contribution in [2.75, 3.05) is 12.4 Å². The van der Waals surface area contributed by atoms with Crippen LogP contribution in [0, 0.1) is 0 Å². The summed E-state index contributed by atoms with van der Waals surface area (Å²) in [5.74, 6) is 2.16. The highest BCUT2D eigenvalue weighted by molar-refractivity contribution is 7.99. The zero-order valence-electron chi connectivity index (χ0n) is 13.1. The molecule has 3 aromatic rings. The van der Waals surface area contributed by atoms with E-state index in [1.807, 2.05) is 47.3 Å². The lowest BCUT2D eigenvalue weighted by molar-refractivity contribution is 0.102. The average molecular weight is 357 g/mol. The highest BCUT2D eigenvalue weighted by Gasteiger charge is 2.17. The molecule has 122 valence electrons. The van der Waals surface area contributed by atoms with Crippen molar-refractivity contribution in [1.29, 1.82) is 0 Å². The summed E-state index contributed by atoms with van der Waals surface area (Å²) in [6.07, 6.45) is 0.872. The Morgan fingerprint density at radius 3 is 3.12 bits per heavy atom. The molecule has 3 heterocycles. The lowest BCUT2D eigenvalue weighted by Crippen LogP contribution is -2.04. The van der Waals surface area contributed by atoms with Crippen LogP contribution >= 0.6 is 23.1 Å². The fourth-order valence-electron chi connectivity index (χ4n) is 2.63. The molecule has 1 aromatic carbocycles. The molecule has 0 atom stereocenters. The van der Waals surface area contributed by atoms with Crippen LogP contribution in [0.3, 0.4) is 0 Å². The van der Waals surface area contributed by atoms with Crippen molar-refractivity contribution < 1.29 is 9.53 Å². The predicted molar refractivity (Wildman–Crippen MR) is 95.0 cm³/mol. The third kappa shape index (κ3) is 2.85. The number of aromatic nitrogens is 3. The van der Waals surface area contributed by atoms with E-state index in [4.69, 9.17) is 4.74 Å². The minimum atomic E-state index is 0.0929. The highest BCUT2D eigenvalue weighted by Crippen LogP contribution is 2.28. The maximum absolute atomic E-state index is 12.4. The topological polar surface area (TPSA) is 57.0 Å². The molecule has 0 spiro atoms. The molecule has 24 heavy (non-hydrogen) atoms. The van der Waals surface area contributed by atoms with Crippen LogP contribution in [-0.4, -0.2) is 32.9 Å². The van der Waals surface area contributed by atoms with E-state index in [9.17, 15) is 4.79 Å². The van der Waals surface area contributed by atoms with E-state index in [1.165, 1.54) is 11.8 Å². The first-order valence-corrected chi connectivity index (χ1v) is 9.44. The third-order valence-electron chi connectivity index (χ3n) is 3.92. The zero-order chi connectivity index (χ0) is 16.5. The smallest absolute Gasteiger partial charge is 0.191 e. The Morgan fingerprint density at radius 1 is 1.38 bits per heavy atom. The van der Waals surface area contributed by atoms with Crippen molar-refractivity contribution in [3.05, 3.63) is 46.8 Å². The van der Waals surface area contributed by atoms with E-state index >= 15 is 0 Å². The number of thiophene rings is 1. The van der Waals surface area contributed by atoms with Gasteiger partial charge in [-0.25, -0.2) is 0 Å². The second-order valence-electron chi connectivity index (χ2n) is 5.48. The van der Waals surface area contributed by atoms with Gasteiger partial charge in [0, 0.05) is 19.0 Å². The first-order valence-electron chi connectivity index (χ1n) is 7.57. The number of hydrogen-bond donors (Lipinski definition) is 0. The molecule has 0 saturated carbocycles. The Bertz CT molecular complexity index is 887. The Kier molecular flexibility index (Phi) is 4.12. The Morgan fingerprint density at radius 2 is 2.29 bits per heavy atom. The van der Waals surface area contributed by atoms with Crippen LogP contribution in [0.15, 0.2) is 40.9 Å². The number of ether oxygens (including phenoxy) is 1. The normalized spacial score (nSPS) is 12.9. The van der Waals surface area contributed by atoms with Crippen molar-refractivity contribution in [3.63, 3.8) is 0 Å². The molecular formula is C17H15N3O2S2. The fourth-order valence-corrected chi connectivity index (χ4v) is 4.18. The van der Waals surface area contributed by atoms with Crippen LogP contribution in [0.1, 0.15) is 15.9 Å². The first kappa shape index (κ1) is 15.4. The molecule has 0 fully saturated rings. The lowest BCUT2D eigenvalue weighted by atomic mass is 10.1. The molecule has 0 aliphatic carbocycles. The zero-order valence-corrected chi connectivity index (χ0v) is 14.7. The molecule has 0 saturated heterocycles. The second-order valence-corrected chi connectivity index (χ2v) is 7.37. The minimum absolute atomic E-state index is 0.0929. The number of Topliss-reactive ketones (excluding diaryl/α,β-unsaturated/α-hetero) is 1. The summed E-state index contributed by atoms with van der Waals surface area (Å²) in [5.41, 5.74) is 1.84. The molecule has 0 radical (unpaired) electrons. The molecule has 5 nitrogen and oxygen atoms in total. The van der Waals surface area contributed by atoms with Gasteiger partial charge in [-0.1, -0.05) is 17.8 Å². The van der Waals surface area contributed by atoms with Gasteiger partial charge in [-0.2, -0.15) is 0 Å². The number of carbonyl (C=O) groups excluding carboxylic acids is 1. The van der Waals surface area contributed by atoms with Crippen LogP contribution in [0.5, 0.6) is 5.75 Å². The van der Waals surface area contributed by atoms with Crippen molar-refractivity contribution in [1.82, 2.24) is 14.8 Å². The molecule has 1 aliphatic rings. The first-order chi connectivity index (χ1) is 11.7. The molecule has 0 unspecified atom stereocenters. The van der Waals surface area contributed by atoms with Crippen LogP contribution in [0.4, 0.5) is 0 Å². The van der Waals surface area contributed by atoms with E-state index in [2.05, 4.69) is 10.2 Å². The Hall–Kier alpha value is -2.12. The van der Waals surface area contributed by atoms with Gasteiger partial charge in [-0.05, 0) is 35.2 Å². The summed E-state index contributed by atoms with van der Waals surface area (Å²) in [5, 5.41) is 11.2. The Balaban J connectivity index is 1.46. The summed E-state index contributed by atoms with van der Waals surface area (Å²) in [6.45, 7) is 0.701. The predicted octanol–water partition coefficient (Wildman–Crippen LogP) is 3.45. The van der Waals surface area contributed by atoms with E-state index < -0.39 is 0 Å². The molecule has 0 N–H and O–H groups in total. The van der Waals surface area contributed by atoms with Crippen molar-refractivity contribution >= 4 is 28.9 Å². The number of hydrogen-bond acceptors (Lipinski definition) is 6. The maximum Gasteiger partial charge on any atom is 0.191 e. The summed E-state index contributed by atoms with van der Waals surface area (Å²) < 4.78 is 7.41. The quantitative estimate of drug-likeness (QED) is 0.517. The van der Waals surface area contributed by atoms with Crippen LogP contribution in [0.25, 0.3) is 10.7 Å². The van der Waals surface area contributed by atoms with Gasteiger partial charge >= 0.3 is 0 Å². The lowest BCUT2D eigenvalue weighted by Gasteiger charge is -2.04. The number of ketones is 1. The highest BCUT2D eigenvalue weighted by atomic mass is 32.2. The van der Waals surface area contributed by atoms with Gasteiger partial charge < -0.3 is 9.30 Å². The van der Waals surface area contributed by atoms with Crippen LogP contribution < -0.4 is 4.74 Å². The van der Waals surface area contributed by atoms with Gasteiger partial charge in [0.15, 0.2) is 16.8 Å². The molecule has 0 amide bonds. The van der Waals surface area contributed by atoms with E-state index in [-0.39, 0.29) is 5.78 Å². The average Bonchev–Trinajstić information content (AvgIpc) is 3.32. The molecular weight excluding hydrogens is 342 g/mol. The van der Waals surface area contributed by atoms with Gasteiger partial charge in [-0.15, -0.1) is 21.5 Å². The van der Waals surface area contributed by atoms with Crippen molar-refractivity contribution in [2.24, 2.45) is 7.05 Å². The second kappa shape index (κ2) is 6.41. The number of thioether (sulfide) groups is 1. The third-order valence-corrected chi connectivity index (χ3v) is 5.81. The summed E-state index contributed by atoms with van der Waals surface area (Å²) in [4.78, 5) is 13.5. The fraction of sp³-hybridized carbons (Fsp3) is 0.235. The molecule has 4 rings (SSSR count). The van der Waals surface area contributed by atoms with E-state index in [1.54, 1.807) is 11.3 Å². The number of nitrogens with zero attached hydrogens (tertiary/aromatic N) is 3. The Labute approximate surface area is 147 Å². The van der Waals surface area contributed by atoms with E-state index in [0.717, 1.165) is 39.2 Å². The van der Waals surface area contributed by atoms with E-state index in [0.29, 0.717) is 12.4 Å². The van der Waals surface area contributed by atoms with Gasteiger partial charge in [0.25, 0.3) is 0 Å². The molecule has 7 heteroatoms. The largest absolute Gasteiger partial charge is 0.493 e. The van der Waals surface area contributed by atoms with Gasteiger partial charge in [0.1, 0.15) is 5.75 Å². The monoisotopic (exact) mass is 357 g/mol. The SMILES string of the molecule is Cn1c(SCC(=O)c2ccc3c(c2)CCO3)nnc1-c1cccs1. The van der Waals surface area contributed by atoms with Gasteiger partial charge in [0.2, 0.25) is 0 Å². The van der Waals surface area contributed by atoms with Crippen LogP contribution in [-0.2, 0) is 13.5 Å². The molecule has 1 aliphatic heterocycles. The number of benzene rings is 1. The number of fused-ring (bicyclic) bond motifs is 1. The number of rotatable bonds is 5. The molecule has 2 aromatic heterocycles. The van der Waals surface area contributed by atoms with Gasteiger partial charge in [0.05, 0.1) is 17.2 Å². The van der Waals surface area contributed by atoms with Crippen LogP contribution in [0.2, 0.25) is 0 Å². The minimum Gasteiger partial charge on any atom is -0.493 e. The summed E-state index contributed by atoms with van der Waals surface area (Å²) in [7, 11) is 1.93. The van der Waals surface area contributed by atoms with Crippen molar-refractivity contribution in [3.8, 4) is 16.5 Å². The standard InChI is InChI=1S/C17H15N3O2S2/c1-20-16(15-3-2-8-23-15)18-19-17(20)24-10-13(21)11-4-5-14-12(9-11)6-7-22-14/h2-5,8-9H,6-7,10H2,1H3. The summed E-state index contributed by atoms with van der Waals surface area (Å²) in [6, 6.07) is 9.67. The molecule has 0 bridgehead atoms. The maximum atomic E-state index is 12.4. The summed E-state index contributed by atoms with van der Waals surface area (Å²) >= 11 is 3.04. The van der Waals surface area contributed by atoms with Crippen molar-refractivity contribution in [2.45, 2.75) is 11.6 Å².